The van der Waals surface area contributed by atoms with E-state index in [4.69, 9.17) is 9.47 Å². The molecule has 5 rings (SSSR count). The van der Waals surface area contributed by atoms with Gasteiger partial charge in [-0.2, -0.15) is 0 Å². The number of ketones is 1. The Bertz CT molecular complexity index is 1780. The van der Waals surface area contributed by atoms with Crippen LogP contribution < -0.4 is 21.3 Å². The highest BCUT2D eigenvalue weighted by molar-refractivity contribution is 6.38. The van der Waals surface area contributed by atoms with Crippen LogP contribution in [0.2, 0.25) is 0 Å². The number of fused-ring (bicyclic) bond motifs is 1. The SMILES string of the molecule is C=CCC[C@@H](NC(=O)[C@@H]1C2C(CN1C(=O)[C@@H](NC(=O)C(NC(=O)OC(C)(C)C)C1CCN(C(=O)OCc3ccccc3)CC1)C1CCCCC1)C2(C)C)C(=O)C(=O)NCC=C. The zero-order valence-corrected chi connectivity index (χ0v) is 36.5. The first-order valence-electron chi connectivity index (χ1n) is 21.9. The molecule has 0 radical (unpaired) electrons. The molecule has 61 heavy (non-hydrogen) atoms. The Hall–Kier alpha value is -5.21. The summed E-state index contributed by atoms with van der Waals surface area (Å²) in [5.41, 5.74) is -0.239. The maximum Gasteiger partial charge on any atom is 0.410 e. The number of rotatable bonds is 17. The molecule has 2 heterocycles. The molecule has 2 saturated carbocycles. The van der Waals surface area contributed by atoms with Crippen molar-refractivity contribution >= 4 is 41.6 Å². The van der Waals surface area contributed by atoms with Gasteiger partial charge in [0.2, 0.25) is 23.5 Å². The molecule has 0 spiro atoms. The number of amides is 6. The van der Waals surface area contributed by atoms with Crippen LogP contribution in [0.25, 0.3) is 0 Å². The van der Waals surface area contributed by atoms with E-state index in [-0.39, 0.29) is 49.3 Å². The molecular formula is C46H66N6O9. The van der Waals surface area contributed by atoms with E-state index >= 15 is 0 Å². The molecule has 1 aromatic carbocycles. The summed E-state index contributed by atoms with van der Waals surface area (Å²) in [5.74, 6) is -3.93. The van der Waals surface area contributed by atoms with Crippen molar-refractivity contribution in [3.8, 4) is 0 Å². The Kier molecular flexibility index (Phi) is 15.8. The summed E-state index contributed by atoms with van der Waals surface area (Å²) in [6, 6.07) is 5.20. The van der Waals surface area contributed by atoms with Crippen molar-refractivity contribution in [3.05, 3.63) is 61.2 Å². The van der Waals surface area contributed by atoms with Gasteiger partial charge in [-0.15, -0.1) is 13.2 Å². The highest BCUT2D eigenvalue weighted by Gasteiger charge is 2.70. The average Bonchev–Trinajstić information content (AvgIpc) is 3.52. The van der Waals surface area contributed by atoms with E-state index in [2.05, 4.69) is 48.3 Å². The minimum Gasteiger partial charge on any atom is -0.445 e. The first-order valence-corrected chi connectivity index (χ1v) is 21.9. The van der Waals surface area contributed by atoms with Crippen LogP contribution in [-0.2, 0) is 40.1 Å². The number of Topliss-reactive ketones (excluding diaryl/α,β-unsaturated/α-hetero) is 1. The Labute approximate surface area is 360 Å². The molecule has 1 aromatic rings. The number of nitrogens with one attached hydrogen (secondary N) is 4. The molecule has 4 fully saturated rings. The monoisotopic (exact) mass is 846 g/mol. The number of nitrogens with zero attached hydrogens (tertiary/aromatic N) is 2. The van der Waals surface area contributed by atoms with Crippen molar-refractivity contribution in [2.45, 2.75) is 129 Å². The number of benzene rings is 1. The zero-order valence-electron chi connectivity index (χ0n) is 36.5. The predicted octanol–water partition coefficient (Wildman–Crippen LogP) is 4.80. The van der Waals surface area contributed by atoms with Crippen molar-refractivity contribution in [2.24, 2.45) is 29.1 Å². The van der Waals surface area contributed by atoms with Crippen LogP contribution in [0.5, 0.6) is 0 Å². The van der Waals surface area contributed by atoms with E-state index in [0.29, 0.717) is 45.2 Å². The summed E-state index contributed by atoms with van der Waals surface area (Å²) in [7, 11) is 0. The van der Waals surface area contributed by atoms with E-state index in [1.807, 2.05) is 30.3 Å². The lowest BCUT2D eigenvalue weighted by Crippen LogP contribution is -2.62. The van der Waals surface area contributed by atoms with Gasteiger partial charge in [-0.25, -0.2) is 9.59 Å². The van der Waals surface area contributed by atoms with Crippen molar-refractivity contribution in [1.29, 1.82) is 0 Å². The fourth-order valence-corrected chi connectivity index (χ4v) is 9.36. The third kappa shape index (κ3) is 12.0. The number of hydrogen-bond donors (Lipinski definition) is 4. The van der Waals surface area contributed by atoms with Gasteiger partial charge in [0.15, 0.2) is 0 Å². The number of piperidine rings is 2. The lowest BCUT2D eigenvalue weighted by Gasteiger charge is -2.39. The van der Waals surface area contributed by atoms with Gasteiger partial charge in [-0.05, 0) is 93.9 Å². The van der Waals surface area contributed by atoms with E-state index in [1.165, 1.54) is 6.08 Å². The van der Waals surface area contributed by atoms with Crippen molar-refractivity contribution in [3.63, 3.8) is 0 Å². The van der Waals surface area contributed by atoms with Crippen LogP contribution in [0.4, 0.5) is 9.59 Å². The van der Waals surface area contributed by atoms with Crippen LogP contribution in [0, 0.1) is 29.1 Å². The number of allylic oxidation sites excluding steroid dienone is 1. The van der Waals surface area contributed by atoms with E-state index in [0.717, 1.165) is 24.8 Å². The molecule has 4 aliphatic rings. The second kappa shape index (κ2) is 20.6. The summed E-state index contributed by atoms with van der Waals surface area (Å²) < 4.78 is 11.1. The molecule has 6 atom stereocenters. The molecule has 6 amide bonds. The second-order valence-electron chi connectivity index (χ2n) is 18.6. The summed E-state index contributed by atoms with van der Waals surface area (Å²) in [5, 5.41) is 11.2. The van der Waals surface area contributed by atoms with Gasteiger partial charge < -0.3 is 40.5 Å². The molecule has 2 saturated heterocycles. The molecule has 15 nitrogen and oxygen atoms in total. The Morgan fingerprint density at radius 2 is 1.52 bits per heavy atom. The van der Waals surface area contributed by atoms with Crippen LogP contribution >= 0.6 is 0 Å². The molecule has 2 aliphatic heterocycles. The first-order chi connectivity index (χ1) is 29.0. The number of hydrogen-bond acceptors (Lipinski definition) is 9. The molecular weight excluding hydrogens is 781 g/mol. The Morgan fingerprint density at radius 1 is 0.869 bits per heavy atom. The third-order valence-corrected chi connectivity index (χ3v) is 12.8. The second-order valence-corrected chi connectivity index (χ2v) is 18.6. The van der Waals surface area contributed by atoms with Gasteiger partial charge in [0, 0.05) is 26.2 Å². The van der Waals surface area contributed by atoms with Gasteiger partial charge in [0.05, 0.1) is 6.04 Å². The van der Waals surface area contributed by atoms with Crippen LogP contribution in [0.1, 0.15) is 98.0 Å². The minimum atomic E-state index is -1.14. The molecule has 0 bridgehead atoms. The molecule has 4 N–H and O–H groups in total. The molecule has 15 heteroatoms. The summed E-state index contributed by atoms with van der Waals surface area (Å²) >= 11 is 0. The summed E-state index contributed by atoms with van der Waals surface area (Å²) in [4.78, 5) is 99.3. The highest BCUT2D eigenvalue weighted by Crippen LogP contribution is 2.65. The fraction of sp³-hybridized carbons (Fsp3) is 0.630. The lowest BCUT2D eigenvalue weighted by molar-refractivity contribution is -0.146. The van der Waals surface area contributed by atoms with Crippen molar-refractivity contribution in [1.82, 2.24) is 31.1 Å². The Balaban J connectivity index is 1.36. The molecule has 3 unspecified atom stereocenters. The van der Waals surface area contributed by atoms with Crippen molar-refractivity contribution < 1.29 is 43.0 Å². The number of likely N-dealkylation sites (tertiary alicyclic amines) is 2. The molecule has 334 valence electrons. The third-order valence-electron chi connectivity index (χ3n) is 12.8. The van der Waals surface area contributed by atoms with Crippen LogP contribution in [-0.4, -0.2) is 107 Å². The van der Waals surface area contributed by atoms with Crippen LogP contribution in [0.15, 0.2) is 55.6 Å². The van der Waals surface area contributed by atoms with Crippen LogP contribution in [0.3, 0.4) is 0 Å². The van der Waals surface area contributed by atoms with Gasteiger partial charge in [-0.3, -0.25) is 24.0 Å². The summed E-state index contributed by atoms with van der Waals surface area (Å²) in [6.45, 7) is 17.7. The normalized spacial score (nSPS) is 22.6. The Morgan fingerprint density at radius 3 is 2.15 bits per heavy atom. The maximum absolute atomic E-state index is 15.0. The smallest absolute Gasteiger partial charge is 0.410 e. The molecule has 2 aliphatic carbocycles. The van der Waals surface area contributed by atoms with Gasteiger partial charge in [0.25, 0.3) is 5.91 Å². The van der Waals surface area contributed by atoms with E-state index in [9.17, 15) is 33.6 Å². The largest absolute Gasteiger partial charge is 0.445 e. The number of alkyl carbamates (subject to hydrolysis) is 1. The topological polar surface area (TPSA) is 193 Å². The summed E-state index contributed by atoms with van der Waals surface area (Å²) in [6.07, 6.45) is 7.17. The zero-order chi connectivity index (χ0) is 44.5. The van der Waals surface area contributed by atoms with E-state index in [1.54, 1.807) is 36.6 Å². The lowest BCUT2D eigenvalue weighted by atomic mass is 9.82. The number of carbonyl (C=O) groups is 7. The fourth-order valence-electron chi connectivity index (χ4n) is 9.36. The predicted molar refractivity (Wildman–Crippen MR) is 228 cm³/mol. The van der Waals surface area contributed by atoms with Gasteiger partial charge in [-0.1, -0.05) is 75.6 Å². The average molecular weight is 847 g/mol. The minimum absolute atomic E-state index is 0.0132. The maximum atomic E-state index is 15.0. The molecule has 0 aromatic heterocycles. The standard InChI is InChI=1S/C46H66N6O9/c1-8-10-21-33(38(53)41(56)47-24-9-2)48-40(55)37-34-32(46(34,6)7)27-52(37)42(57)36(30-19-15-12-16-20-30)49-39(54)35(50-43(58)61-45(3,4)5)31-22-25-51(26-23-31)44(59)60-28-29-17-13-11-14-18-29/h8-9,11,13-14,17-18,30-37H,1-2,10,12,15-16,19-28H2,3-7H3,(H,47,56)(H,48,55)(H,49,54)(H,50,58)/t32?,33-,34?,35?,36+,37+/m1/s1. The van der Waals surface area contributed by atoms with Gasteiger partial charge in [0.1, 0.15) is 30.3 Å². The highest BCUT2D eigenvalue weighted by atomic mass is 16.6. The first kappa shape index (κ1) is 46.8. The number of ether oxygens (including phenoxy) is 2. The number of carbonyl (C=O) groups excluding carboxylic acids is 7. The van der Waals surface area contributed by atoms with Crippen molar-refractivity contribution in [2.75, 3.05) is 26.2 Å². The van der Waals surface area contributed by atoms with Gasteiger partial charge >= 0.3 is 12.2 Å². The van der Waals surface area contributed by atoms with E-state index < -0.39 is 77.3 Å². The quantitative estimate of drug-likeness (QED) is 0.126.